The van der Waals surface area contributed by atoms with Crippen LogP contribution in [0.5, 0.6) is 0 Å². The normalized spacial score (nSPS) is 11.2. The van der Waals surface area contributed by atoms with E-state index in [0.29, 0.717) is 0 Å². The van der Waals surface area contributed by atoms with Crippen LogP contribution >= 0.6 is 0 Å². The first-order valence-corrected chi connectivity index (χ1v) is 16.7. The van der Waals surface area contributed by atoms with Gasteiger partial charge in [0.2, 0.25) is 0 Å². The fraction of sp³-hybridized carbons (Fsp3) is 0.750. The predicted octanol–water partition coefficient (Wildman–Crippen LogP) is 5.09. The second-order valence-corrected chi connectivity index (χ2v) is 23.0. The number of hydrogen-bond donors (Lipinski definition) is 0. The summed E-state index contributed by atoms with van der Waals surface area (Å²) in [7, 11) is -2.58. The second-order valence-electron chi connectivity index (χ2n) is 7.68. The van der Waals surface area contributed by atoms with Crippen LogP contribution in [0.15, 0.2) is 0 Å². The molecule has 0 aromatic rings. The molecule has 0 spiro atoms. The van der Waals surface area contributed by atoms with Crippen LogP contribution in [0.4, 0.5) is 0 Å². The smallest absolute Gasteiger partial charge is 0.342 e. The molecule has 0 amide bonds. The molecule has 0 nitrogen and oxygen atoms in total. The van der Waals surface area contributed by atoms with Crippen molar-refractivity contribution in [1.82, 2.24) is 0 Å². The van der Waals surface area contributed by atoms with Crippen molar-refractivity contribution in [1.29, 1.82) is 0 Å². The summed E-state index contributed by atoms with van der Waals surface area (Å²) in [6.07, 6.45) is 0. The summed E-state index contributed by atoms with van der Waals surface area (Å²) in [4.78, 5) is 0. The molecule has 96 valence electrons. The summed E-state index contributed by atoms with van der Waals surface area (Å²) in [5.74, 6) is 0. The average Bonchev–Trinajstić information content (AvgIpc) is 1.41. The Morgan fingerprint density at radius 3 is 0.438 bits per heavy atom. The van der Waals surface area contributed by atoms with E-state index in [1.54, 1.807) is 0 Å². The van der Waals surface area contributed by atoms with Gasteiger partial charge in [-0.3, -0.25) is 0 Å². The summed E-state index contributed by atoms with van der Waals surface area (Å²) in [5, 5.41) is 0. The van der Waals surface area contributed by atoms with Crippen molar-refractivity contribution < 1.29 is 25.8 Å². The van der Waals surface area contributed by atoms with Crippen LogP contribution < -0.4 is 0 Å². The van der Waals surface area contributed by atoms with Crippen molar-refractivity contribution in [2.75, 3.05) is 0 Å². The van der Waals surface area contributed by atoms with Crippen LogP contribution in [0, 0.1) is 19.6 Å². The van der Waals surface area contributed by atoms with E-state index in [9.17, 15) is 0 Å². The van der Waals surface area contributed by atoms with Crippen LogP contribution in [-0.2, 0) is 25.8 Å². The van der Waals surface area contributed by atoms with Crippen molar-refractivity contribution in [2.45, 2.75) is 58.9 Å². The first-order chi connectivity index (χ1) is 6.00. The molecule has 0 aromatic heterocycles. The molecule has 0 rings (SSSR count). The summed E-state index contributed by atoms with van der Waals surface area (Å²) >= 11 is 0. The first kappa shape index (κ1) is 26.2. The van der Waals surface area contributed by atoms with Gasteiger partial charge in [-0.2, -0.15) is 0 Å². The Bertz CT molecular complexity index is 91.3. The standard InChI is InChI=1S/3C4H11Si.Sc/c3*1-5(2,3)4;/h3*1H2,2-4H3;/q3*-1;+3. The van der Waals surface area contributed by atoms with Gasteiger partial charge in [-0.15, -0.1) is 24.2 Å². The van der Waals surface area contributed by atoms with Gasteiger partial charge in [0.15, 0.2) is 0 Å². The van der Waals surface area contributed by atoms with Crippen molar-refractivity contribution in [3.05, 3.63) is 19.6 Å². The molecule has 0 radical (unpaired) electrons. The molecule has 0 bridgehead atoms. The third kappa shape index (κ3) is 1420. The molecule has 0 unspecified atom stereocenters. The minimum absolute atomic E-state index is 0. The maximum atomic E-state index is 3.91. The van der Waals surface area contributed by atoms with Gasteiger partial charge in [-0.25, -0.2) is 0 Å². The summed E-state index contributed by atoms with van der Waals surface area (Å²) in [6, 6.07) is 0. The van der Waals surface area contributed by atoms with E-state index in [-0.39, 0.29) is 25.8 Å². The van der Waals surface area contributed by atoms with Gasteiger partial charge in [-0.05, 0) is 0 Å². The third-order valence-corrected chi connectivity index (χ3v) is 0. The minimum atomic E-state index is -0.861. The van der Waals surface area contributed by atoms with Crippen LogP contribution in [0.1, 0.15) is 0 Å². The molecule has 0 atom stereocenters. The average molecular weight is 307 g/mol. The predicted molar refractivity (Wildman–Crippen MR) is 86.1 cm³/mol. The Balaban J connectivity index is -0.0000000655. The fourth-order valence-electron chi connectivity index (χ4n) is 0. The van der Waals surface area contributed by atoms with Crippen molar-refractivity contribution in [3.8, 4) is 0 Å². The van der Waals surface area contributed by atoms with E-state index in [1.807, 2.05) is 0 Å². The molecule has 0 saturated heterocycles. The van der Waals surface area contributed by atoms with Gasteiger partial charge in [-0.1, -0.05) is 58.9 Å². The van der Waals surface area contributed by atoms with Crippen LogP contribution in [0.3, 0.4) is 0 Å². The monoisotopic (exact) mass is 306 g/mol. The Hall–Kier alpha value is 1.52. The van der Waals surface area contributed by atoms with Crippen LogP contribution in [-0.4, -0.2) is 24.2 Å². The first-order valence-electron chi connectivity index (χ1n) is 5.56. The third-order valence-electron chi connectivity index (χ3n) is 0. The minimum Gasteiger partial charge on any atom is -0.342 e. The SMILES string of the molecule is [CH2-][Si](C)(C)C.[CH2-][Si](C)(C)C.[CH2-][Si](C)(C)C.[Sc+3]. The van der Waals surface area contributed by atoms with Crippen LogP contribution in [0.25, 0.3) is 0 Å². The van der Waals surface area contributed by atoms with Gasteiger partial charge in [0, 0.05) is 0 Å². The zero-order valence-corrected chi connectivity index (χ0v) is 18.0. The molecule has 16 heavy (non-hydrogen) atoms. The quantitative estimate of drug-likeness (QED) is 0.432. The van der Waals surface area contributed by atoms with E-state index < -0.39 is 24.2 Å². The fourth-order valence-corrected chi connectivity index (χ4v) is 0. The Morgan fingerprint density at radius 2 is 0.438 bits per heavy atom. The molecular weight excluding hydrogens is 273 g/mol. The Kier molecular flexibility index (Phi) is 17.1. The molecule has 0 fully saturated rings. The molecule has 0 aromatic carbocycles. The molecule has 0 aliphatic carbocycles. The van der Waals surface area contributed by atoms with Gasteiger partial charge in [0.1, 0.15) is 0 Å². The van der Waals surface area contributed by atoms with Crippen molar-refractivity contribution in [2.24, 2.45) is 0 Å². The van der Waals surface area contributed by atoms with Gasteiger partial charge < -0.3 is 19.6 Å². The zero-order valence-electron chi connectivity index (χ0n) is 13.2. The molecule has 4 heteroatoms. The zero-order chi connectivity index (χ0) is 13.5. The van der Waals surface area contributed by atoms with Crippen molar-refractivity contribution in [3.63, 3.8) is 0 Å². The molecule has 0 saturated carbocycles. The summed E-state index contributed by atoms with van der Waals surface area (Å²) in [6.45, 7) is 31.7. The van der Waals surface area contributed by atoms with E-state index >= 15 is 0 Å². The second kappa shape index (κ2) is 10.4. The van der Waals surface area contributed by atoms with Gasteiger partial charge in [0.25, 0.3) is 0 Å². The van der Waals surface area contributed by atoms with Crippen LogP contribution in [0.2, 0.25) is 58.9 Å². The number of hydrogen-bond acceptors (Lipinski definition) is 0. The molecule has 0 aliphatic heterocycles. The van der Waals surface area contributed by atoms with Crippen molar-refractivity contribution >= 4 is 24.2 Å². The molecule has 0 N–H and O–H groups in total. The van der Waals surface area contributed by atoms with E-state index in [1.165, 1.54) is 0 Å². The molecular formula is C12H33ScSi3. The Morgan fingerprint density at radius 1 is 0.438 bits per heavy atom. The largest absolute Gasteiger partial charge is 3.00 e. The Labute approximate surface area is 128 Å². The maximum Gasteiger partial charge on any atom is 3.00 e. The van der Waals surface area contributed by atoms with Gasteiger partial charge in [0.05, 0.1) is 0 Å². The van der Waals surface area contributed by atoms with E-state index in [2.05, 4.69) is 78.6 Å². The van der Waals surface area contributed by atoms with E-state index in [0.717, 1.165) is 0 Å². The number of rotatable bonds is 0. The van der Waals surface area contributed by atoms with Gasteiger partial charge >= 0.3 is 25.8 Å². The maximum absolute atomic E-state index is 3.91. The molecule has 0 heterocycles. The summed E-state index contributed by atoms with van der Waals surface area (Å²) < 4.78 is 0. The summed E-state index contributed by atoms with van der Waals surface area (Å²) in [5.41, 5.74) is 0. The molecule has 0 aliphatic rings. The van der Waals surface area contributed by atoms with E-state index in [4.69, 9.17) is 0 Å². The topological polar surface area (TPSA) is 0 Å².